The summed E-state index contributed by atoms with van der Waals surface area (Å²) < 4.78 is 25.1. The van der Waals surface area contributed by atoms with Crippen molar-refractivity contribution in [3.05, 3.63) is 0 Å². The number of likely N-dealkylation sites (tertiary alicyclic amines) is 1. The molecule has 69 heavy (non-hydrogen) atoms. The molecule has 7 heteroatoms. The molecular formula is C62H113NO6. The first-order chi connectivity index (χ1) is 33.7. The average molecular weight is 969 g/mol. The summed E-state index contributed by atoms with van der Waals surface area (Å²) in [6, 6.07) is 0. The van der Waals surface area contributed by atoms with Gasteiger partial charge in [0, 0.05) is 19.6 Å². The molecule has 10 atom stereocenters. The molecule has 1 aliphatic heterocycles. The maximum absolute atomic E-state index is 13.7. The average Bonchev–Trinajstić information content (AvgIpc) is 4.30. The summed E-state index contributed by atoms with van der Waals surface area (Å²) in [5.41, 5.74) is -0.408. The number of nitrogens with zero attached hydrogens (tertiary/aromatic N) is 1. The van der Waals surface area contributed by atoms with Crippen LogP contribution in [0, 0.1) is 52.8 Å². The smallest absolute Gasteiger partial charge is 0.312 e. The van der Waals surface area contributed by atoms with Crippen molar-refractivity contribution < 1.29 is 28.5 Å². The molecule has 1 saturated heterocycles. The van der Waals surface area contributed by atoms with E-state index in [1.165, 1.54) is 193 Å². The van der Waals surface area contributed by atoms with Crippen LogP contribution in [0.3, 0.4) is 0 Å². The third kappa shape index (κ3) is 24.2. The van der Waals surface area contributed by atoms with Gasteiger partial charge in [-0.3, -0.25) is 9.59 Å². The molecule has 0 N–H and O–H groups in total. The molecule has 0 radical (unpaired) electrons. The normalized spacial score (nSPS) is 27.6. The first-order valence-corrected chi connectivity index (χ1v) is 31.0. The first kappa shape index (κ1) is 58.7. The minimum Gasteiger partial charge on any atom is -0.463 e. The number of rotatable bonds is 44. The Morgan fingerprint density at radius 3 is 1.54 bits per heavy atom. The van der Waals surface area contributed by atoms with Crippen molar-refractivity contribution >= 4 is 11.9 Å². The molecule has 5 rings (SSSR count). The largest absolute Gasteiger partial charge is 0.463 e. The van der Waals surface area contributed by atoms with Crippen LogP contribution in [0.25, 0.3) is 0 Å². The Morgan fingerprint density at radius 1 is 0.551 bits per heavy atom. The number of esters is 2. The fourth-order valence-corrected chi connectivity index (χ4v) is 12.9. The number of hydrogen-bond acceptors (Lipinski definition) is 7. The summed E-state index contributed by atoms with van der Waals surface area (Å²) in [5, 5.41) is 0. The predicted octanol–water partition coefficient (Wildman–Crippen LogP) is 16.7. The molecule has 0 bridgehead atoms. The van der Waals surface area contributed by atoms with Gasteiger partial charge < -0.3 is 23.8 Å². The van der Waals surface area contributed by atoms with E-state index in [4.69, 9.17) is 18.9 Å². The summed E-state index contributed by atoms with van der Waals surface area (Å²) in [6.45, 7) is 13.0. The van der Waals surface area contributed by atoms with Crippen molar-refractivity contribution in [2.24, 2.45) is 52.8 Å². The van der Waals surface area contributed by atoms with Crippen molar-refractivity contribution in [1.82, 2.24) is 4.90 Å². The molecule has 7 nitrogen and oxygen atoms in total. The Kier molecular flexibility index (Phi) is 29.2. The van der Waals surface area contributed by atoms with E-state index in [9.17, 15) is 9.59 Å². The number of piperidine rings is 1. The van der Waals surface area contributed by atoms with Crippen LogP contribution in [0.1, 0.15) is 272 Å². The molecule has 0 aromatic heterocycles. The highest BCUT2D eigenvalue weighted by atomic mass is 16.6. The van der Waals surface area contributed by atoms with Gasteiger partial charge in [-0.15, -0.1) is 0 Å². The molecule has 0 aromatic carbocycles. The van der Waals surface area contributed by atoms with Gasteiger partial charge in [-0.2, -0.15) is 0 Å². The summed E-state index contributed by atoms with van der Waals surface area (Å²) >= 11 is 0. The van der Waals surface area contributed by atoms with Crippen molar-refractivity contribution in [2.75, 3.05) is 46.6 Å². The van der Waals surface area contributed by atoms with Crippen LogP contribution in [0.15, 0.2) is 0 Å². The Bertz CT molecular complexity index is 1330. The van der Waals surface area contributed by atoms with E-state index in [1.807, 2.05) is 0 Å². The van der Waals surface area contributed by atoms with E-state index in [-0.39, 0.29) is 42.6 Å². The second-order valence-corrected chi connectivity index (χ2v) is 24.6. The summed E-state index contributed by atoms with van der Waals surface area (Å²) in [5.74, 6) is 5.93. The Hall–Kier alpha value is -1.18. The lowest BCUT2D eigenvalue weighted by Gasteiger charge is -2.37. The van der Waals surface area contributed by atoms with E-state index in [2.05, 4.69) is 39.6 Å². The summed E-state index contributed by atoms with van der Waals surface area (Å²) in [4.78, 5) is 29.6. The highest BCUT2D eigenvalue weighted by Gasteiger charge is 2.47. The third-order valence-electron chi connectivity index (χ3n) is 18.5. The van der Waals surface area contributed by atoms with E-state index in [0.717, 1.165) is 94.2 Å². The van der Waals surface area contributed by atoms with Crippen LogP contribution in [-0.2, 0) is 28.5 Å². The third-order valence-corrected chi connectivity index (χ3v) is 18.5. The lowest BCUT2D eigenvalue weighted by atomic mass is 9.80. The maximum atomic E-state index is 13.7. The second kappa shape index (κ2) is 34.3. The molecular weight excluding hydrogens is 855 g/mol. The number of carbonyl (C=O) groups excluding carboxylic acids is 2. The molecule has 0 amide bonds. The maximum Gasteiger partial charge on any atom is 0.312 e. The molecule has 5 aliphatic rings. The lowest BCUT2D eigenvalue weighted by Crippen LogP contribution is -2.43. The van der Waals surface area contributed by atoms with E-state index in [0.29, 0.717) is 25.6 Å². The molecule has 10 unspecified atom stereocenters. The standard InChI is InChI=1S/C62H113NO6/c1-6-9-11-13-19-25-31-51-44-53(51)33-27-21-15-17-23-29-41-66-48-57(67-42-30-24-18-16-22-28-34-54-45-52(54)32-26-20-14-12-10-7-2)49-68-60(64)47-55-35-36-59(58(55)46-56-43-50(56)8-3)69-61(65)62(4)37-39-63(5)40-38-62/h50-59H,6-49H2,1-5H3. The van der Waals surface area contributed by atoms with E-state index >= 15 is 0 Å². The first-order valence-electron chi connectivity index (χ1n) is 31.0. The zero-order valence-corrected chi connectivity index (χ0v) is 46.3. The SMILES string of the molecule is CCCCCCCCC1CC1CCCCCCCCOCC(COC(=O)CC1CCC(OC(=O)C2(C)CCN(C)CC2)C1CC1CC1CC)OCCCCCCCCC1CC1CCCCCCCC. The fraction of sp³-hybridized carbons (Fsp3) is 0.968. The van der Waals surface area contributed by atoms with Crippen LogP contribution < -0.4 is 0 Å². The van der Waals surface area contributed by atoms with Crippen molar-refractivity contribution in [3.8, 4) is 0 Å². The Morgan fingerprint density at radius 2 is 1.03 bits per heavy atom. The van der Waals surface area contributed by atoms with Crippen LogP contribution >= 0.6 is 0 Å². The van der Waals surface area contributed by atoms with E-state index < -0.39 is 5.41 Å². The summed E-state index contributed by atoms with van der Waals surface area (Å²) in [6.07, 6.45) is 48.5. The van der Waals surface area contributed by atoms with Crippen LogP contribution in [0.5, 0.6) is 0 Å². The molecule has 1 heterocycles. The monoisotopic (exact) mass is 968 g/mol. The van der Waals surface area contributed by atoms with Gasteiger partial charge >= 0.3 is 11.9 Å². The van der Waals surface area contributed by atoms with Gasteiger partial charge in [0.25, 0.3) is 0 Å². The zero-order valence-electron chi connectivity index (χ0n) is 46.3. The van der Waals surface area contributed by atoms with Crippen LogP contribution in [0.4, 0.5) is 0 Å². The van der Waals surface area contributed by atoms with E-state index in [1.54, 1.807) is 0 Å². The predicted molar refractivity (Wildman–Crippen MR) is 287 cm³/mol. The fourth-order valence-electron chi connectivity index (χ4n) is 12.9. The zero-order chi connectivity index (χ0) is 48.9. The molecule has 5 fully saturated rings. The highest BCUT2D eigenvalue weighted by molar-refractivity contribution is 5.77. The number of unbranched alkanes of at least 4 members (excludes halogenated alkanes) is 20. The molecule has 0 spiro atoms. The minimum atomic E-state index is -0.408. The van der Waals surface area contributed by atoms with Crippen LogP contribution in [-0.4, -0.2) is 75.6 Å². The Balaban J connectivity index is 0.958. The van der Waals surface area contributed by atoms with Crippen molar-refractivity contribution in [1.29, 1.82) is 0 Å². The molecule has 402 valence electrons. The second-order valence-electron chi connectivity index (χ2n) is 24.6. The van der Waals surface area contributed by atoms with Gasteiger partial charge in [-0.05, 0) is 139 Å². The van der Waals surface area contributed by atoms with Crippen LogP contribution in [0.2, 0.25) is 0 Å². The topological polar surface area (TPSA) is 74.3 Å². The van der Waals surface area contributed by atoms with Crippen molar-refractivity contribution in [2.45, 2.75) is 284 Å². The molecule has 4 aliphatic carbocycles. The minimum absolute atomic E-state index is 0.0204. The van der Waals surface area contributed by atoms with Gasteiger partial charge in [0.2, 0.25) is 0 Å². The number of hydrogen-bond donors (Lipinski definition) is 0. The van der Waals surface area contributed by atoms with Gasteiger partial charge in [-0.25, -0.2) is 0 Å². The lowest BCUT2D eigenvalue weighted by molar-refractivity contribution is -0.165. The van der Waals surface area contributed by atoms with Crippen molar-refractivity contribution in [3.63, 3.8) is 0 Å². The number of carbonyl (C=O) groups is 2. The molecule has 0 aromatic rings. The van der Waals surface area contributed by atoms with Gasteiger partial charge in [0.05, 0.1) is 12.0 Å². The molecule has 4 saturated carbocycles. The highest BCUT2D eigenvalue weighted by Crippen LogP contribution is 2.51. The van der Waals surface area contributed by atoms with Gasteiger partial charge in [-0.1, -0.05) is 194 Å². The quantitative estimate of drug-likeness (QED) is 0.0445. The van der Waals surface area contributed by atoms with Gasteiger partial charge in [0.15, 0.2) is 0 Å². The number of ether oxygens (including phenoxy) is 4. The Labute approximate surface area is 427 Å². The van der Waals surface area contributed by atoms with Gasteiger partial charge in [0.1, 0.15) is 18.8 Å². The summed E-state index contributed by atoms with van der Waals surface area (Å²) in [7, 11) is 2.13.